The second-order valence-corrected chi connectivity index (χ2v) is 13.1. The fraction of sp³-hybridized carbons (Fsp3) is 0.500. The van der Waals surface area contributed by atoms with E-state index in [1.165, 1.54) is 37.1 Å². The van der Waals surface area contributed by atoms with Crippen molar-refractivity contribution in [1.82, 2.24) is 24.6 Å². The highest BCUT2D eigenvalue weighted by molar-refractivity contribution is 6.09. The Morgan fingerprint density at radius 3 is 2.42 bits per heavy atom. The highest BCUT2D eigenvalue weighted by Gasteiger charge is 2.42. The summed E-state index contributed by atoms with van der Waals surface area (Å²) >= 11 is 0. The van der Waals surface area contributed by atoms with E-state index in [0.717, 1.165) is 17.0 Å². The molecular formula is C32H38F4N8O4. The van der Waals surface area contributed by atoms with E-state index in [9.17, 15) is 27.6 Å². The Morgan fingerprint density at radius 2 is 1.77 bits per heavy atom. The molecular weight excluding hydrogens is 636 g/mol. The topological polar surface area (TPSA) is 117 Å². The van der Waals surface area contributed by atoms with E-state index < -0.39 is 47.1 Å². The number of anilines is 3. The van der Waals surface area contributed by atoms with Gasteiger partial charge < -0.3 is 19.4 Å². The summed E-state index contributed by atoms with van der Waals surface area (Å²) < 4.78 is 63.2. The summed E-state index contributed by atoms with van der Waals surface area (Å²) in [6.45, 7) is 7.66. The predicted octanol–water partition coefficient (Wildman–Crippen LogP) is 4.81. The van der Waals surface area contributed by atoms with Crippen LogP contribution in [0, 0.1) is 12.7 Å². The van der Waals surface area contributed by atoms with Crippen LogP contribution in [0.1, 0.15) is 62.4 Å². The minimum Gasteiger partial charge on any atom is -0.444 e. The van der Waals surface area contributed by atoms with Crippen LogP contribution in [-0.4, -0.2) is 81.4 Å². The fourth-order valence-corrected chi connectivity index (χ4v) is 5.92. The van der Waals surface area contributed by atoms with Crippen molar-refractivity contribution in [3.63, 3.8) is 0 Å². The Kier molecular flexibility index (Phi) is 9.14. The number of amides is 3. The van der Waals surface area contributed by atoms with Crippen molar-refractivity contribution >= 4 is 35.1 Å². The summed E-state index contributed by atoms with van der Waals surface area (Å²) in [5, 5.41) is 4.49. The van der Waals surface area contributed by atoms with Crippen LogP contribution in [0.4, 0.5) is 39.5 Å². The number of carbonyl (C=O) groups excluding carboxylic acids is 3. The zero-order valence-electron chi connectivity index (χ0n) is 27.8. The van der Waals surface area contributed by atoms with Crippen LogP contribution < -0.4 is 14.7 Å². The first-order valence-electron chi connectivity index (χ1n) is 15.4. The molecule has 0 unspecified atom stereocenters. The maximum atomic E-state index is 15.5. The molecule has 1 aromatic carbocycles. The van der Waals surface area contributed by atoms with E-state index in [1.807, 2.05) is 0 Å². The normalized spacial score (nSPS) is 17.1. The molecule has 2 aromatic heterocycles. The highest BCUT2D eigenvalue weighted by atomic mass is 19.4. The van der Waals surface area contributed by atoms with Crippen molar-refractivity contribution in [2.45, 2.75) is 70.8 Å². The number of likely N-dealkylation sites (tertiary alicyclic amines) is 1. The van der Waals surface area contributed by atoms with Gasteiger partial charge >= 0.3 is 12.3 Å². The quantitative estimate of drug-likeness (QED) is 0.328. The first kappa shape index (κ1) is 34.6. The smallest absolute Gasteiger partial charge is 0.416 e. The van der Waals surface area contributed by atoms with E-state index in [2.05, 4.69) is 15.1 Å². The molecule has 2 saturated heterocycles. The second kappa shape index (κ2) is 12.7. The Hall–Kier alpha value is -4.76. The van der Waals surface area contributed by atoms with E-state index in [0.29, 0.717) is 24.7 Å². The number of nitrogens with zero attached hydrogens (tertiary/aromatic N) is 8. The molecule has 12 nitrogen and oxygen atoms in total. The molecule has 2 fully saturated rings. The van der Waals surface area contributed by atoms with E-state index >= 15 is 4.39 Å². The second-order valence-electron chi connectivity index (χ2n) is 13.1. The summed E-state index contributed by atoms with van der Waals surface area (Å²) in [5.74, 6) is -1.08. The van der Waals surface area contributed by atoms with Gasteiger partial charge in [0.1, 0.15) is 29.1 Å². The number of hydrogen-bond acceptors (Lipinski definition) is 8. The molecule has 3 aromatic rings. The fourth-order valence-electron chi connectivity index (χ4n) is 5.92. The SMILES string of the molecule is Cc1cc(C(F)(F)F)cc(N2C(=O)CC[C@H]2C(=O)N(C)c2cccc(F)c2N(C)Cc2nc(C3CN(C(=O)OC(C)(C)C)C3)n(C)n2)n1. The minimum atomic E-state index is -4.68. The summed E-state index contributed by atoms with van der Waals surface area (Å²) in [4.78, 5) is 53.2. The molecule has 0 radical (unpaired) electrons. The zero-order chi connectivity index (χ0) is 35.3. The number of hydrogen-bond donors (Lipinski definition) is 0. The van der Waals surface area contributed by atoms with Crippen molar-refractivity contribution in [1.29, 1.82) is 0 Å². The Balaban J connectivity index is 1.34. The molecule has 0 bridgehead atoms. The van der Waals surface area contributed by atoms with Crippen molar-refractivity contribution in [2.24, 2.45) is 7.05 Å². The van der Waals surface area contributed by atoms with Crippen LogP contribution in [0.3, 0.4) is 0 Å². The number of benzene rings is 1. The molecule has 258 valence electrons. The van der Waals surface area contributed by atoms with Crippen molar-refractivity contribution in [2.75, 3.05) is 41.9 Å². The molecule has 16 heteroatoms. The van der Waals surface area contributed by atoms with Crippen molar-refractivity contribution in [3.05, 3.63) is 59.1 Å². The molecule has 2 aliphatic heterocycles. The van der Waals surface area contributed by atoms with Gasteiger partial charge in [-0.2, -0.15) is 18.3 Å². The lowest BCUT2D eigenvalue weighted by Crippen LogP contribution is -2.50. The van der Waals surface area contributed by atoms with Crippen molar-refractivity contribution in [3.8, 4) is 0 Å². The lowest BCUT2D eigenvalue weighted by molar-refractivity contribution is -0.137. The Bertz CT molecular complexity index is 1730. The van der Waals surface area contributed by atoms with Gasteiger partial charge in [-0.3, -0.25) is 19.2 Å². The van der Waals surface area contributed by atoms with Crippen LogP contribution >= 0.6 is 0 Å². The van der Waals surface area contributed by atoms with Crippen LogP contribution in [-0.2, 0) is 34.1 Å². The number of aryl methyl sites for hydroxylation is 2. The predicted molar refractivity (Wildman–Crippen MR) is 168 cm³/mol. The zero-order valence-corrected chi connectivity index (χ0v) is 27.8. The molecule has 48 heavy (non-hydrogen) atoms. The van der Waals surface area contributed by atoms with Gasteiger partial charge in [0.2, 0.25) is 11.8 Å². The minimum absolute atomic E-state index is 0.0390. The number of aromatic nitrogens is 4. The van der Waals surface area contributed by atoms with Crippen molar-refractivity contribution < 1.29 is 36.7 Å². The molecule has 0 N–H and O–H groups in total. The van der Waals surface area contributed by atoms with Gasteiger partial charge in [0, 0.05) is 46.3 Å². The number of carbonyl (C=O) groups is 3. The molecule has 4 heterocycles. The first-order valence-corrected chi connectivity index (χ1v) is 15.4. The largest absolute Gasteiger partial charge is 0.444 e. The third-order valence-electron chi connectivity index (χ3n) is 8.17. The van der Waals surface area contributed by atoms with Crippen LogP contribution in [0.25, 0.3) is 0 Å². The van der Waals surface area contributed by atoms with Crippen LogP contribution in [0.5, 0.6) is 0 Å². The van der Waals surface area contributed by atoms with Gasteiger partial charge in [0.05, 0.1) is 29.4 Å². The number of likely N-dealkylation sites (N-methyl/N-ethyl adjacent to an activating group) is 1. The number of alkyl halides is 3. The lowest BCUT2D eigenvalue weighted by atomic mass is 10.00. The van der Waals surface area contributed by atoms with Gasteiger partial charge in [-0.05, 0) is 58.4 Å². The average Bonchev–Trinajstić information content (AvgIpc) is 3.50. The maximum Gasteiger partial charge on any atom is 0.416 e. The van der Waals surface area contributed by atoms with Crippen LogP contribution in [0.15, 0.2) is 30.3 Å². The van der Waals surface area contributed by atoms with Gasteiger partial charge in [-0.15, -0.1) is 0 Å². The molecule has 0 aliphatic carbocycles. The summed E-state index contributed by atoms with van der Waals surface area (Å²) in [5.41, 5.74) is -1.31. The third kappa shape index (κ3) is 7.06. The van der Waals surface area contributed by atoms with Crippen LogP contribution in [0.2, 0.25) is 0 Å². The molecule has 0 saturated carbocycles. The third-order valence-corrected chi connectivity index (χ3v) is 8.17. The monoisotopic (exact) mass is 674 g/mol. The highest BCUT2D eigenvalue weighted by Crippen LogP contribution is 2.37. The molecule has 1 atom stereocenters. The van der Waals surface area contributed by atoms with E-state index in [4.69, 9.17) is 4.74 Å². The van der Waals surface area contributed by atoms with E-state index in [1.54, 1.807) is 49.3 Å². The lowest BCUT2D eigenvalue weighted by Gasteiger charge is -2.39. The number of pyridine rings is 1. The number of rotatable bonds is 7. The van der Waals surface area contributed by atoms with Gasteiger partial charge in [-0.1, -0.05) is 6.07 Å². The van der Waals surface area contributed by atoms with E-state index in [-0.39, 0.29) is 48.2 Å². The number of para-hydroxylation sites is 1. The molecule has 2 aliphatic rings. The molecule has 0 spiro atoms. The number of halogens is 4. The summed E-state index contributed by atoms with van der Waals surface area (Å²) in [7, 11) is 4.77. The Labute approximate surface area is 275 Å². The summed E-state index contributed by atoms with van der Waals surface area (Å²) in [6, 6.07) is 4.69. The van der Waals surface area contributed by atoms with Gasteiger partial charge in [0.15, 0.2) is 5.82 Å². The summed E-state index contributed by atoms with van der Waals surface area (Å²) in [6.07, 6.45) is -5.10. The maximum absolute atomic E-state index is 15.5. The molecule has 5 rings (SSSR count). The number of ether oxygens (including phenoxy) is 1. The Morgan fingerprint density at radius 1 is 1.08 bits per heavy atom. The molecule has 3 amide bonds. The first-order chi connectivity index (χ1) is 22.3. The van der Waals surface area contributed by atoms with Gasteiger partial charge in [-0.25, -0.2) is 19.2 Å². The standard InChI is InChI=1S/C32H38F4N8O4/c1-18-13-20(32(34,35)36)14-25(37-18)44-23(11-12-26(44)45)29(46)41(6)22-10-8-9-21(33)27(22)40(5)17-24-38-28(42(7)39-24)19-15-43(16-19)30(47)48-31(2,3)4/h8-10,13-14,19,23H,11-12,15-17H2,1-7H3/t23-/m0/s1. The van der Waals surface area contributed by atoms with Gasteiger partial charge in [0.25, 0.3) is 0 Å². The average molecular weight is 675 g/mol.